The van der Waals surface area contributed by atoms with Gasteiger partial charge in [0.05, 0.1) is 12.1 Å². The van der Waals surface area contributed by atoms with Crippen LogP contribution in [0.4, 0.5) is 5.82 Å². The van der Waals surface area contributed by atoms with Crippen molar-refractivity contribution < 1.29 is 4.79 Å². The molecule has 2 aliphatic rings. The zero-order valence-corrected chi connectivity index (χ0v) is 14.6. The summed E-state index contributed by atoms with van der Waals surface area (Å²) in [6.07, 6.45) is 8.01. The van der Waals surface area contributed by atoms with Crippen LogP contribution in [0.3, 0.4) is 0 Å². The van der Waals surface area contributed by atoms with Gasteiger partial charge in [0.15, 0.2) is 5.82 Å². The third-order valence-corrected chi connectivity index (χ3v) is 4.84. The second-order valence-corrected chi connectivity index (χ2v) is 6.44. The summed E-state index contributed by atoms with van der Waals surface area (Å²) in [5.74, 6) is 0.718. The van der Waals surface area contributed by atoms with Gasteiger partial charge >= 0.3 is 0 Å². The van der Waals surface area contributed by atoms with E-state index in [-0.39, 0.29) is 24.4 Å². The predicted octanol–water partition coefficient (Wildman–Crippen LogP) is 2.04. The van der Waals surface area contributed by atoms with Gasteiger partial charge in [-0.2, -0.15) is 5.10 Å². The van der Waals surface area contributed by atoms with E-state index >= 15 is 0 Å². The van der Waals surface area contributed by atoms with Crippen molar-refractivity contribution in [3.63, 3.8) is 0 Å². The second kappa shape index (κ2) is 8.66. The smallest absolute Gasteiger partial charge is 0.242 e. The van der Waals surface area contributed by atoms with E-state index in [1.54, 1.807) is 0 Å². The van der Waals surface area contributed by atoms with E-state index in [1.165, 1.54) is 25.7 Å². The van der Waals surface area contributed by atoms with E-state index < -0.39 is 0 Å². The number of rotatable bonds is 4. The fourth-order valence-electron chi connectivity index (χ4n) is 3.35. The van der Waals surface area contributed by atoms with Crippen LogP contribution in [0.1, 0.15) is 45.1 Å². The van der Waals surface area contributed by atoms with Gasteiger partial charge in [-0.05, 0) is 45.8 Å². The molecule has 6 nitrogen and oxygen atoms in total. The number of aromatic nitrogens is 2. The van der Waals surface area contributed by atoms with Gasteiger partial charge in [-0.1, -0.05) is 12.8 Å². The molecule has 2 aliphatic heterocycles. The number of hydrogen-bond acceptors (Lipinski definition) is 4. The Labute approximate surface area is 144 Å². The number of anilines is 1. The van der Waals surface area contributed by atoms with Gasteiger partial charge in [-0.3, -0.25) is 14.4 Å². The Bertz CT molecular complexity index is 492. The van der Waals surface area contributed by atoms with Crippen molar-refractivity contribution in [1.29, 1.82) is 0 Å². The Morgan fingerprint density at radius 3 is 2.74 bits per heavy atom. The van der Waals surface area contributed by atoms with Crippen LogP contribution in [-0.2, 0) is 4.79 Å². The zero-order chi connectivity index (χ0) is 15.4. The van der Waals surface area contributed by atoms with Gasteiger partial charge in [0.25, 0.3) is 0 Å². The molecule has 130 valence electrons. The van der Waals surface area contributed by atoms with Crippen molar-refractivity contribution >= 4 is 24.1 Å². The number of halogens is 1. The summed E-state index contributed by atoms with van der Waals surface area (Å²) in [5, 5.41) is 10.8. The van der Waals surface area contributed by atoms with Gasteiger partial charge < -0.3 is 10.6 Å². The first-order chi connectivity index (χ1) is 10.7. The number of nitrogens with zero attached hydrogens (tertiary/aromatic N) is 3. The first-order valence-corrected chi connectivity index (χ1v) is 8.55. The molecular formula is C16H28ClN5O. The molecule has 0 bridgehead atoms. The maximum atomic E-state index is 12.4. The van der Waals surface area contributed by atoms with E-state index in [9.17, 15) is 4.79 Å². The molecule has 1 aromatic heterocycles. The number of nitrogens with one attached hydrogen (secondary N) is 2. The average molecular weight is 342 g/mol. The first-order valence-electron chi connectivity index (χ1n) is 8.55. The van der Waals surface area contributed by atoms with E-state index in [0.717, 1.165) is 32.6 Å². The highest BCUT2D eigenvalue weighted by atomic mass is 35.5. The molecule has 3 heterocycles. The van der Waals surface area contributed by atoms with Crippen molar-refractivity contribution in [2.24, 2.45) is 0 Å². The molecule has 2 unspecified atom stereocenters. The third kappa shape index (κ3) is 4.68. The average Bonchev–Trinajstić information content (AvgIpc) is 3.13. The van der Waals surface area contributed by atoms with Crippen molar-refractivity contribution in [2.75, 3.05) is 31.5 Å². The highest BCUT2D eigenvalue weighted by Gasteiger charge is 2.23. The molecule has 0 radical (unpaired) electrons. The Morgan fingerprint density at radius 1 is 1.35 bits per heavy atom. The fraction of sp³-hybridized carbons (Fsp3) is 0.750. The molecule has 3 rings (SSSR count). The molecule has 0 aliphatic carbocycles. The molecule has 0 saturated carbocycles. The SMILES string of the molecule is CC(C(=O)Nc1ccn(C2CCNC2)n1)N1CCCCCC1.Cl. The molecule has 0 aromatic carbocycles. The lowest BCUT2D eigenvalue weighted by Crippen LogP contribution is -2.42. The number of amides is 1. The number of hydrogen-bond donors (Lipinski definition) is 2. The van der Waals surface area contributed by atoms with Crippen LogP contribution in [0.2, 0.25) is 0 Å². The molecule has 7 heteroatoms. The predicted molar refractivity (Wildman–Crippen MR) is 94.1 cm³/mol. The number of carbonyl (C=O) groups excluding carboxylic acids is 1. The normalized spacial score (nSPS) is 23.8. The molecule has 1 amide bonds. The van der Waals surface area contributed by atoms with Gasteiger partial charge in [-0.15, -0.1) is 12.4 Å². The molecule has 1 aromatic rings. The monoisotopic (exact) mass is 341 g/mol. The van der Waals surface area contributed by atoms with E-state index in [1.807, 2.05) is 23.9 Å². The van der Waals surface area contributed by atoms with Crippen LogP contribution in [0, 0.1) is 0 Å². The minimum absolute atomic E-state index is 0. The van der Waals surface area contributed by atoms with E-state index in [0.29, 0.717) is 11.9 Å². The number of carbonyl (C=O) groups is 1. The highest BCUT2D eigenvalue weighted by Crippen LogP contribution is 2.17. The van der Waals surface area contributed by atoms with Crippen LogP contribution in [0.15, 0.2) is 12.3 Å². The summed E-state index contributed by atoms with van der Waals surface area (Å²) in [4.78, 5) is 14.7. The summed E-state index contributed by atoms with van der Waals surface area (Å²) < 4.78 is 1.96. The topological polar surface area (TPSA) is 62.2 Å². The molecule has 2 N–H and O–H groups in total. The van der Waals surface area contributed by atoms with Crippen LogP contribution < -0.4 is 10.6 Å². The summed E-state index contributed by atoms with van der Waals surface area (Å²) in [7, 11) is 0. The van der Waals surface area contributed by atoms with Gasteiger partial charge in [0.2, 0.25) is 5.91 Å². The lowest BCUT2D eigenvalue weighted by molar-refractivity contribution is -0.120. The van der Waals surface area contributed by atoms with Gasteiger partial charge in [0.1, 0.15) is 0 Å². The standard InChI is InChI=1S/C16H27N5O.ClH/c1-13(20-9-4-2-3-5-10-20)16(22)18-15-7-11-21(19-15)14-6-8-17-12-14;/h7,11,13-14,17H,2-6,8-10,12H2,1H3,(H,18,19,22);1H. The molecule has 2 atom stereocenters. The summed E-state index contributed by atoms with van der Waals surface area (Å²) in [6, 6.07) is 2.22. The Hall–Kier alpha value is -1.11. The molecule has 2 saturated heterocycles. The second-order valence-electron chi connectivity index (χ2n) is 6.44. The lowest BCUT2D eigenvalue weighted by atomic mass is 10.2. The van der Waals surface area contributed by atoms with Crippen LogP contribution in [0.5, 0.6) is 0 Å². The van der Waals surface area contributed by atoms with Gasteiger partial charge in [-0.25, -0.2) is 0 Å². The Balaban J connectivity index is 0.00000192. The fourth-order valence-corrected chi connectivity index (χ4v) is 3.35. The summed E-state index contributed by atoms with van der Waals surface area (Å²) >= 11 is 0. The van der Waals surface area contributed by atoms with Crippen LogP contribution >= 0.6 is 12.4 Å². The molecule has 2 fully saturated rings. The van der Waals surface area contributed by atoms with Crippen LogP contribution in [0.25, 0.3) is 0 Å². The Morgan fingerprint density at radius 2 is 2.09 bits per heavy atom. The zero-order valence-electron chi connectivity index (χ0n) is 13.8. The third-order valence-electron chi connectivity index (χ3n) is 4.84. The minimum Gasteiger partial charge on any atom is -0.315 e. The van der Waals surface area contributed by atoms with Gasteiger partial charge in [0, 0.05) is 18.8 Å². The minimum atomic E-state index is -0.0867. The molecule has 0 spiro atoms. The maximum Gasteiger partial charge on any atom is 0.242 e. The van der Waals surface area contributed by atoms with E-state index in [4.69, 9.17) is 0 Å². The Kier molecular flexibility index (Phi) is 6.87. The maximum absolute atomic E-state index is 12.4. The van der Waals surface area contributed by atoms with E-state index in [2.05, 4.69) is 20.6 Å². The molecular weight excluding hydrogens is 314 g/mol. The molecule has 23 heavy (non-hydrogen) atoms. The largest absolute Gasteiger partial charge is 0.315 e. The van der Waals surface area contributed by atoms with Crippen molar-refractivity contribution in [3.05, 3.63) is 12.3 Å². The summed E-state index contributed by atoms with van der Waals surface area (Å²) in [5.41, 5.74) is 0. The van der Waals surface area contributed by atoms with Crippen molar-refractivity contribution in [2.45, 2.75) is 51.1 Å². The van der Waals surface area contributed by atoms with Crippen LogP contribution in [-0.4, -0.2) is 52.8 Å². The first kappa shape index (κ1) is 18.2. The van der Waals surface area contributed by atoms with Crippen molar-refractivity contribution in [1.82, 2.24) is 20.0 Å². The van der Waals surface area contributed by atoms with Crippen molar-refractivity contribution in [3.8, 4) is 0 Å². The number of likely N-dealkylation sites (tertiary alicyclic amines) is 1. The lowest BCUT2D eigenvalue weighted by Gasteiger charge is -2.26. The summed E-state index contributed by atoms with van der Waals surface area (Å²) in [6.45, 7) is 6.05. The highest BCUT2D eigenvalue weighted by molar-refractivity contribution is 5.93. The quantitative estimate of drug-likeness (QED) is 0.879.